The molecule has 0 heterocycles. The molecule has 0 spiro atoms. The van der Waals surface area contributed by atoms with Crippen molar-refractivity contribution in [3.05, 3.63) is 106 Å². The third-order valence-electron chi connectivity index (χ3n) is 6.08. The van der Waals surface area contributed by atoms with E-state index < -0.39 is 0 Å². The van der Waals surface area contributed by atoms with Crippen LogP contribution in [0.2, 0.25) is 0 Å². The van der Waals surface area contributed by atoms with Crippen LogP contribution in [0.15, 0.2) is 72.8 Å². The lowest BCUT2D eigenvalue weighted by Gasteiger charge is -2.19. The van der Waals surface area contributed by atoms with Gasteiger partial charge in [-0.3, -0.25) is 9.59 Å². The van der Waals surface area contributed by atoms with E-state index >= 15 is 0 Å². The predicted molar refractivity (Wildman–Crippen MR) is 123 cm³/mol. The van der Waals surface area contributed by atoms with Gasteiger partial charge in [0.1, 0.15) is 11.5 Å². The standard InChI is InChI=1S/C28H20O4/c1-15-11-17(5-9-25(15)29)19-3-7-21-23(13-19)27(31)22-8-4-20(14-24(22)28(21)32)18-6-10-26(30)16(2)12-18/h3-14,29-30H,1-2H3. The highest BCUT2D eigenvalue weighted by atomic mass is 16.3. The molecule has 5 rings (SSSR count). The summed E-state index contributed by atoms with van der Waals surface area (Å²) in [6.45, 7) is 3.63. The average molecular weight is 420 g/mol. The van der Waals surface area contributed by atoms with Crippen molar-refractivity contribution in [1.29, 1.82) is 0 Å². The first-order valence-electron chi connectivity index (χ1n) is 10.3. The minimum Gasteiger partial charge on any atom is -0.508 e. The Morgan fingerprint density at radius 3 is 1.19 bits per heavy atom. The van der Waals surface area contributed by atoms with Gasteiger partial charge >= 0.3 is 0 Å². The molecule has 2 N–H and O–H groups in total. The van der Waals surface area contributed by atoms with Crippen molar-refractivity contribution in [2.45, 2.75) is 13.8 Å². The summed E-state index contributed by atoms with van der Waals surface area (Å²) in [7, 11) is 0. The molecular formula is C28H20O4. The molecule has 0 radical (unpaired) electrons. The van der Waals surface area contributed by atoms with Crippen LogP contribution in [0, 0.1) is 13.8 Å². The third-order valence-corrected chi connectivity index (χ3v) is 6.08. The molecule has 0 bridgehead atoms. The zero-order valence-corrected chi connectivity index (χ0v) is 17.6. The summed E-state index contributed by atoms with van der Waals surface area (Å²) < 4.78 is 0. The first kappa shape index (κ1) is 19.8. The largest absolute Gasteiger partial charge is 0.508 e. The molecule has 1 aliphatic carbocycles. The van der Waals surface area contributed by atoms with E-state index in [4.69, 9.17) is 0 Å². The number of rotatable bonds is 2. The Kier molecular flexibility index (Phi) is 4.45. The van der Waals surface area contributed by atoms with Gasteiger partial charge in [0.05, 0.1) is 0 Å². The Labute approximate surface area is 185 Å². The summed E-state index contributed by atoms with van der Waals surface area (Å²) in [5, 5.41) is 19.6. The molecule has 0 aromatic heterocycles. The summed E-state index contributed by atoms with van der Waals surface area (Å²) in [6.07, 6.45) is 0. The molecular weight excluding hydrogens is 400 g/mol. The molecule has 32 heavy (non-hydrogen) atoms. The molecule has 4 aromatic carbocycles. The first-order chi connectivity index (χ1) is 15.3. The van der Waals surface area contributed by atoms with Crippen LogP contribution >= 0.6 is 0 Å². The lowest BCUT2D eigenvalue weighted by atomic mass is 9.81. The maximum Gasteiger partial charge on any atom is 0.194 e. The lowest BCUT2D eigenvalue weighted by Crippen LogP contribution is -2.21. The number of hydrogen-bond donors (Lipinski definition) is 2. The molecule has 156 valence electrons. The molecule has 0 aliphatic heterocycles. The Morgan fingerprint density at radius 1 is 0.469 bits per heavy atom. The van der Waals surface area contributed by atoms with E-state index in [0.717, 1.165) is 33.4 Å². The van der Waals surface area contributed by atoms with E-state index in [0.29, 0.717) is 22.3 Å². The van der Waals surface area contributed by atoms with Crippen LogP contribution in [0.4, 0.5) is 0 Å². The van der Waals surface area contributed by atoms with Gasteiger partial charge in [0.25, 0.3) is 0 Å². The van der Waals surface area contributed by atoms with Gasteiger partial charge in [-0.05, 0) is 95.8 Å². The maximum atomic E-state index is 13.3. The number of phenolic OH excluding ortho intramolecular Hbond substituents is 2. The van der Waals surface area contributed by atoms with E-state index in [1.807, 2.05) is 38.1 Å². The Morgan fingerprint density at radius 2 is 0.812 bits per heavy atom. The van der Waals surface area contributed by atoms with Crippen molar-refractivity contribution >= 4 is 11.6 Å². The number of ketones is 2. The third kappa shape index (κ3) is 3.08. The Balaban J connectivity index is 1.58. The topological polar surface area (TPSA) is 74.6 Å². The van der Waals surface area contributed by atoms with Crippen molar-refractivity contribution in [1.82, 2.24) is 0 Å². The number of aromatic hydroxyl groups is 2. The van der Waals surface area contributed by atoms with Crippen LogP contribution < -0.4 is 0 Å². The van der Waals surface area contributed by atoms with Crippen LogP contribution in [0.1, 0.15) is 43.0 Å². The second kappa shape index (κ2) is 7.20. The van der Waals surface area contributed by atoms with Crippen LogP contribution in [0.3, 0.4) is 0 Å². The Hall–Kier alpha value is -4.18. The number of benzene rings is 4. The number of carbonyl (C=O) groups excluding carboxylic acids is 2. The van der Waals surface area contributed by atoms with Crippen molar-refractivity contribution in [2.75, 3.05) is 0 Å². The SMILES string of the molecule is Cc1cc(-c2ccc3c(c2)C(=O)c2ccc(-c4ccc(O)c(C)c4)cc2C3=O)ccc1O. The molecule has 0 unspecified atom stereocenters. The van der Waals surface area contributed by atoms with Crippen LogP contribution in [0.25, 0.3) is 22.3 Å². The number of aryl methyl sites for hydroxylation is 2. The maximum absolute atomic E-state index is 13.3. The normalized spacial score (nSPS) is 12.4. The second-order valence-corrected chi connectivity index (χ2v) is 8.18. The number of fused-ring (bicyclic) bond motifs is 2. The van der Waals surface area contributed by atoms with Crippen molar-refractivity contribution < 1.29 is 19.8 Å². The quantitative estimate of drug-likeness (QED) is 0.377. The van der Waals surface area contributed by atoms with Crippen LogP contribution in [-0.2, 0) is 0 Å². The van der Waals surface area contributed by atoms with E-state index in [9.17, 15) is 19.8 Å². The van der Waals surface area contributed by atoms with Gasteiger partial charge in [-0.1, -0.05) is 24.3 Å². The second-order valence-electron chi connectivity index (χ2n) is 8.18. The highest BCUT2D eigenvalue weighted by Crippen LogP contribution is 2.34. The molecule has 4 heteroatoms. The highest BCUT2D eigenvalue weighted by Gasteiger charge is 2.30. The lowest BCUT2D eigenvalue weighted by molar-refractivity contribution is 0.0979. The van der Waals surface area contributed by atoms with Crippen LogP contribution in [0.5, 0.6) is 11.5 Å². The summed E-state index contributed by atoms with van der Waals surface area (Å²) in [4.78, 5) is 26.6. The van der Waals surface area contributed by atoms with Gasteiger partial charge in [0.15, 0.2) is 11.6 Å². The monoisotopic (exact) mass is 420 g/mol. The Bertz CT molecular complexity index is 1340. The van der Waals surface area contributed by atoms with Crippen molar-refractivity contribution in [3.63, 3.8) is 0 Å². The molecule has 1 aliphatic rings. The van der Waals surface area contributed by atoms with E-state index in [2.05, 4.69) is 0 Å². The highest BCUT2D eigenvalue weighted by molar-refractivity contribution is 6.29. The van der Waals surface area contributed by atoms with Crippen molar-refractivity contribution in [3.8, 4) is 33.8 Å². The molecule has 0 saturated carbocycles. The molecule has 4 aromatic rings. The number of hydrogen-bond acceptors (Lipinski definition) is 4. The zero-order valence-electron chi connectivity index (χ0n) is 17.6. The minimum atomic E-state index is -0.180. The van der Waals surface area contributed by atoms with E-state index in [1.165, 1.54) is 0 Å². The molecule has 0 amide bonds. The summed E-state index contributed by atoms with van der Waals surface area (Å²) in [5.74, 6) is 0.0683. The van der Waals surface area contributed by atoms with Gasteiger partial charge < -0.3 is 10.2 Å². The molecule has 0 saturated heterocycles. The van der Waals surface area contributed by atoms with E-state index in [1.54, 1.807) is 48.5 Å². The number of carbonyl (C=O) groups is 2. The van der Waals surface area contributed by atoms with Gasteiger partial charge in [-0.2, -0.15) is 0 Å². The number of phenols is 2. The van der Waals surface area contributed by atoms with Gasteiger partial charge in [-0.15, -0.1) is 0 Å². The molecule has 0 atom stereocenters. The molecule has 4 nitrogen and oxygen atoms in total. The fourth-order valence-corrected chi connectivity index (χ4v) is 4.18. The minimum absolute atomic E-state index is 0.180. The van der Waals surface area contributed by atoms with Gasteiger partial charge in [-0.25, -0.2) is 0 Å². The van der Waals surface area contributed by atoms with Crippen LogP contribution in [-0.4, -0.2) is 21.8 Å². The predicted octanol–water partition coefficient (Wildman–Crippen LogP) is 5.82. The summed E-state index contributed by atoms with van der Waals surface area (Å²) in [6, 6.07) is 21.1. The first-order valence-corrected chi connectivity index (χ1v) is 10.3. The molecule has 0 fully saturated rings. The smallest absolute Gasteiger partial charge is 0.194 e. The zero-order chi connectivity index (χ0) is 22.6. The van der Waals surface area contributed by atoms with Crippen molar-refractivity contribution in [2.24, 2.45) is 0 Å². The fraction of sp³-hybridized carbons (Fsp3) is 0.0714. The van der Waals surface area contributed by atoms with Gasteiger partial charge in [0.2, 0.25) is 0 Å². The summed E-state index contributed by atoms with van der Waals surface area (Å²) in [5.41, 5.74) is 6.40. The van der Waals surface area contributed by atoms with Gasteiger partial charge in [0, 0.05) is 22.3 Å². The average Bonchev–Trinajstić information content (AvgIpc) is 2.80. The fourth-order valence-electron chi connectivity index (χ4n) is 4.18. The van der Waals surface area contributed by atoms with E-state index in [-0.39, 0.29) is 23.1 Å². The summed E-state index contributed by atoms with van der Waals surface area (Å²) >= 11 is 0.